The van der Waals surface area contributed by atoms with Crippen LogP contribution in [0.5, 0.6) is 0 Å². The first-order valence-corrected chi connectivity index (χ1v) is 10.2. The maximum absolute atomic E-state index is 12.5. The Morgan fingerprint density at radius 3 is 2.52 bits per heavy atom. The molecule has 3 heterocycles. The molecule has 0 bridgehead atoms. The van der Waals surface area contributed by atoms with Gasteiger partial charge in [-0.3, -0.25) is 9.48 Å². The highest BCUT2D eigenvalue weighted by molar-refractivity contribution is 7.22. The van der Waals surface area contributed by atoms with E-state index in [1.165, 1.54) is 15.8 Å². The fourth-order valence-electron chi connectivity index (χ4n) is 3.68. The van der Waals surface area contributed by atoms with E-state index in [2.05, 4.69) is 41.3 Å². The summed E-state index contributed by atoms with van der Waals surface area (Å²) in [6, 6.07) is 6.34. The first-order valence-electron chi connectivity index (χ1n) is 9.35. The SMILES string of the molecule is Cc1cc(C(=O)NC2CCN(c3nc4c(C)ccc(C)c4s3)CC2)n(C)n1. The number of nitrogens with one attached hydrogen (secondary N) is 1. The summed E-state index contributed by atoms with van der Waals surface area (Å²) in [5.41, 5.74) is 5.11. The van der Waals surface area contributed by atoms with E-state index < -0.39 is 0 Å². The Hall–Kier alpha value is -2.41. The topological polar surface area (TPSA) is 63.1 Å². The van der Waals surface area contributed by atoms with E-state index in [1.807, 2.05) is 20.0 Å². The molecule has 1 N–H and O–H groups in total. The Labute approximate surface area is 163 Å². The van der Waals surface area contributed by atoms with Gasteiger partial charge in [0.15, 0.2) is 5.13 Å². The van der Waals surface area contributed by atoms with E-state index in [1.54, 1.807) is 16.0 Å². The molecule has 1 fully saturated rings. The molecule has 0 spiro atoms. The zero-order valence-electron chi connectivity index (χ0n) is 16.2. The predicted molar refractivity (Wildman–Crippen MR) is 110 cm³/mol. The fraction of sp³-hybridized carbons (Fsp3) is 0.450. The number of hydrogen-bond donors (Lipinski definition) is 1. The van der Waals surface area contributed by atoms with Gasteiger partial charge in [0.25, 0.3) is 5.91 Å². The number of amides is 1. The monoisotopic (exact) mass is 383 g/mol. The number of anilines is 1. The second-order valence-electron chi connectivity index (χ2n) is 7.40. The van der Waals surface area contributed by atoms with Crippen molar-refractivity contribution in [2.24, 2.45) is 7.05 Å². The van der Waals surface area contributed by atoms with Crippen molar-refractivity contribution in [3.63, 3.8) is 0 Å². The van der Waals surface area contributed by atoms with E-state index >= 15 is 0 Å². The van der Waals surface area contributed by atoms with Crippen LogP contribution in [-0.2, 0) is 7.05 Å². The van der Waals surface area contributed by atoms with Gasteiger partial charge in [-0.15, -0.1) is 0 Å². The molecule has 6 nitrogen and oxygen atoms in total. The van der Waals surface area contributed by atoms with Crippen LogP contribution in [0, 0.1) is 20.8 Å². The molecule has 0 atom stereocenters. The third kappa shape index (κ3) is 3.43. The van der Waals surface area contributed by atoms with Crippen LogP contribution in [0.4, 0.5) is 5.13 Å². The van der Waals surface area contributed by atoms with Gasteiger partial charge >= 0.3 is 0 Å². The Bertz CT molecular complexity index is 958. The maximum atomic E-state index is 12.5. The van der Waals surface area contributed by atoms with Gasteiger partial charge in [0, 0.05) is 26.2 Å². The molecular weight excluding hydrogens is 358 g/mol. The number of piperidine rings is 1. The molecule has 0 aliphatic carbocycles. The third-order valence-electron chi connectivity index (χ3n) is 5.27. The van der Waals surface area contributed by atoms with E-state index in [-0.39, 0.29) is 11.9 Å². The lowest BCUT2D eigenvalue weighted by Gasteiger charge is -2.32. The number of benzene rings is 1. The molecule has 1 aliphatic rings. The lowest BCUT2D eigenvalue weighted by atomic mass is 10.1. The predicted octanol–water partition coefficient (Wildman–Crippen LogP) is 3.35. The minimum Gasteiger partial charge on any atom is -0.348 e. The molecule has 4 rings (SSSR count). The van der Waals surface area contributed by atoms with Crippen molar-refractivity contribution in [2.45, 2.75) is 39.7 Å². The fourth-order valence-corrected chi connectivity index (χ4v) is 4.84. The summed E-state index contributed by atoms with van der Waals surface area (Å²) >= 11 is 1.78. The maximum Gasteiger partial charge on any atom is 0.269 e. The van der Waals surface area contributed by atoms with Crippen molar-refractivity contribution in [2.75, 3.05) is 18.0 Å². The molecule has 0 saturated carbocycles. The molecule has 0 radical (unpaired) electrons. The molecule has 142 valence electrons. The first kappa shape index (κ1) is 18.0. The minimum atomic E-state index is -0.0391. The number of aromatic nitrogens is 3. The summed E-state index contributed by atoms with van der Waals surface area (Å²) in [4.78, 5) is 19.7. The van der Waals surface area contributed by atoms with Crippen LogP contribution in [0.2, 0.25) is 0 Å². The highest BCUT2D eigenvalue weighted by Gasteiger charge is 2.24. The second kappa shape index (κ2) is 6.96. The van der Waals surface area contributed by atoms with Gasteiger partial charge in [-0.1, -0.05) is 23.5 Å². The van der Waals surface area contributed by atoms with Crippen LogP contribution >= 0.6 is 11.3 Å². The van der Waals surface area contributed by atoms with Crippen molar-refractivity contribution in [3.8, 4) is 0 Å². The number of carbonyl (C=O) groups is 1. The highest BCUT2D eigenvalue weighted by atomic mass is 32.1. The third-order valence-corrected chi connectivity index (χ3v) is 6.52. The van der Waals surface area contributed by atoms with Crippen LogP contribution in [0.25, 0.3) is 10.2 Å². The molecule has 7 heteroatoms. The van der Waals surface area contributed by atoms with Crippen LogP contribution in [0.15, 0.2) is 18.2 Å². The molecule has 1 saturated heterocycles. The van der Waals surface area contributed by atoms with Crippen molar-refractivity contribution in [1.29, 1.82) is 0 Å². The number of thiazole rings is 1. The highest BCUT2D eigenvalue weighted by Crippen LogP contribution is 2.34. The summed E-state index contributed by atoms with van der Waals surface area (Å²) in [7, 11) is 1.81. The van der Waals surface area contributed by atoms with Gasteiger partial charge in [-0.05, 0) is 50.8 Å². The Kier molecular flexibility index (Phi) is 4.63. The number of aryl methyl sites for hydroxylation is 4. The van der Waals surface area contributed by atoms with Gasteiger partial charge in [0.05, 0.1) is 15.9 Å². The van der Waals surface area contributed by atoms with Crippen molar-refractivity contribution < 1.29 is 4.79 Å². The molecule has 27 heavy (non-hydrogen) atoms. The van der Waals surface area contributed by atoms with Gasteiger partial charge in [-0.2, -0.15) is 5.10 Å². The van der Waals surface area contributed by atoms with E-state index in [9.17, 15) is 4.79 Å². The molecule has 0 unspecified atom stereocenters. The van der Waals surface area contributed by atoms with Crippen LogP contribution in [0.3, 0.4) is 0 Å². The summed E-state index contributed by atoms with van der Waals surface area (Å²) in [6.07, 6.45) is 1.85. The summed E-state index contributed by atoms with van der Waals surface area (Å²) in [5, 5.41) is 8.51. The standard InChI is InChI=1S/C20H25N5OS/c1-12-5-6-13(2)18-17(12)22-20(27-18)25-9-7-15(8-10-25)21-19(26)16-11-14(3)23-24(16)4/h5-6,11,15H,7-10H2,1-4H3,(H,21,26). The number of hydrogen-bond acceptors (Lipinski definition) is 5. The first-order chi connectivity index (χ1) is 12.9. The molecule has 1 amide bonds. The smallest absolute Gasteiger partial charge is 0.269 e. The molecule has 2 aromatic heterocycles. The van der Waals surface area contributed by atoms with Crippen LogP contribution in [-0.4, -0.2) is 39.8 Å². The van der Waals surface area contributed by atoms with Crippen molar-refractivity contribution in [1.82, 2.24) is 20.1 Å². The number of rotatable bonds is 3. The Morgan fingerprint density at radius 1 is 1.19 bits per heavy atom. The number of carbonyl (C=O) groups excluding carboxylic acids is 1. The lowest BCUT2D eigenvalue weighted by molar-refractivity contribution is 0.0921. The van der Waals surface area contributed by atoms with Gasteiger partial charge in [0.2, 0.25) is 0 Å². The Morgan fingerprint density at radius 2 is 1.89 bits per heavy atom. The van der Waals surface area contributed by atoms with Crippen molar-refractivity contribution >= 4 is 32.6 Å². The second-order valence-corrected chi connectivity index (χ2v) is 8.38. The largest absolute Gasteiger partial charge is 0.348 e. The Balaban J connectivity index is 1.42. The summed E-state index contributed by atoms with van der Waals surface area (Å²) in [5.74, 6) is -0.0391. The molecule has 3 aromatic rings. The zero-order chi connectivity index (χ0) is 19.1. The van der Waals surface area contributed by atoms with E-state index in [4.69, 9.17) is 4.98 Å². The average molecular weight is 384 g/mol. The lowest BCUT2D eigenvalue weighted by Crippen LogP contribution is -2.45. The number of fused-ring (bicyclic) bond motifs is 1. The van der Waals surface area contributed by atoms with Gasteiger partial charge in [-0.25, -0.2) is 4.98 Å². The quantitative estimate of drug-likeness (QED) is 0.753. The molecular formula is C20H25N5OS. The molecule has 1 aromatic carbocycles. The average Bonchev–Trinajstić information content (AvgIpc) is 3.23. The van der Waals surface area contributed by atoms with E-state index in [0.29, 0.717) is 5.69 Å². The summed E-state index contributed by atoms with van der Waals surface area (Å²) in [6.45, 7) is 7.98. The minimum absolute atomic E-state index is 0.0391. The van der Waals surface area contributed by atoms with Crippen LogP contribution in [0.1, 0.15) is 40.2 Å². The normalized spacial score (nSPS) is 15.5. The number of nitrogens with zero attached hydrogens (tertiary/aromatic N) is 4. The van der Waals surface area contributed by atoms with Crippen LogP contribution < -0.4 is 10.2 Å². The zero-order valence-corrected chi connectivity index (χ0v) is 17.1. The summed E-state index contributed by atoms with van der Waals surface area (Å²) < 4.78 is 2.93. The molecule has 1 aliphatic heterocycles. The van der Waals surface area contributed by atoms with Crippen molar-refractivity contribution in [3.05, 3.63) is 40.7 Å². The van der Waals surface area contributed by atoms with Gasteiger partial charge < -0.3 is 10.2 Å². The van der Waals surface area contributed by atoms with Gasteiger partial charge in [0.1, 0.15) is 5.69 Å². The van der Waals surface area contributed by atoms with E-state index in [0.717, 1.165) is 42.3 Å².